The van der Waals surface area contributed by atoms with E-state index in [1.807, 2.05) is 31.2 Å². The second-order valence-corrected chi connectivity index (χ2v) is 6.44. The molecule has 0 saturated carbocycles. The molecule has 0 radical (unpaired) electrons. The maximum absolute atomic E-state index is 10.2. The molecule has 174 valence electrons. The van der Waals surface area contributed by atoms with Crippen LogP contribution in [0.25, 0.3) is 0 Å². The SMILES string of the molecule is C=C(C)C(=O)O.Cc1ccc(NN)cc1.O=C(O)c1ccccc1.O=C(O)c1ccccc1. The number of anilines is 1. The number of hydrogen-bond donors (Lipinski definition) is 5. The number of carbonyl (C=O) groups is 3. The van der Waals surface area contributed by atoms with Gasteiger partial charge in [-0.3, -0.25) is 5.84 Å². The predicted molar refractivity (Wildman–Crippen MR) is 128 cm³/mol. The van der Waals surface area contributed by atoms with Crippen LogP contribution in [0.5, 0.6) is 0 Å². The Kier molecular flexibility index (Phi) is 14.1. The lowest BCUT2D eigenvalue weighted by Gasteiger charge is -1.97. The Morgan fingerprint density at radius 2 is 1.06 bits per heavy atom. The zero-order valence-electron chi connectivity index (χ0n) is 18.4. The molecule has 3 aromatic rings. The smallest absolute Gasteiger partial charge is 0.335 e. The molecule has 0 fully saturated rings. The minimum absolute atomic E-state index is 0.176. The monoisotopic (exact) mass is 452 g/mol. The number of aryl methyl sites for hydroxylation is 1. The van der Waals surface area contributed by atoms with Crippen molar-refractivity contribution >= 4 is 23.6 Å². The Balaban J connectivity index is 0.000000419. The first-order valence-corrected chi connectivity index (χ1v) is 9.57. The zero-order chi connectivity index (χ0) is 25.2. The van der Waals surface area contributed by atoms with Gasteiger partial charge in [0.2, 0.25) is 0 Å². The molecule has 33 heavy (non-hydrogen) atoms. The Bertz CT molecular complexity index is 943. The van der Waals surface area contributed by atoms with Crippen molar-refractivity contribution in [2.24, 2.45) is 5.84 Å². The minimum Gasteiger partial charge on any atom is -0.478 e. The molecule has 0 aliphatic carbocycles. The van der Waals surface area contributed by atoms with E-state index in [2.05, 4.69) is 12.0 Å². The summed E-state index contributed by atoms with van der Waals surface area (Å²) in [6.07, 6.45) is 0. The van der Waals surface area contributed by atoms with Crippen molar-refractivity contribution in [3.05, 3.63) is 114 Å². The Hall–Kier alpha value is -4.43. The molecule has 0 heterocycles. The highest BCUT2D eigenvalue weighted by Crippen LogP contribution is 2.05. The van der Waals surface area contributed by atoms with Gasteiger partial charge in [0.15, 0.2) is 0 Å². The first-order chi connectivity index (χ1) is 15.6. The largest absolute Gasteiger partial charge is 0.478 e. The van der Waals surface area contributed by atoms with E-state index in [0.717, 1.165) is 5.69 Å². The molecule has 8 heteroatoms. The first kappa shape index (κ1) is 28.6. The molecular weight excluding hydrogens is 424 g/mol. The van der Waals surface area contributed by atoms with Crippen molar-refractivity contribution < 1.29 is 29.7 Å². The first-order valence-electron chi connectivity index (χ1n) is 9.57. The maximum Gasteiger partial charge on any atom is 0.335 e. The summed E-state index contributed by atoms with van der Waals surface area (Å²) in [5.74, 6) is 2.46. The highest BCUT2D eigenvalue weighted by atomic mass is 16.4. The van der Waals surface area contributed by atoms with Gasteiger partial charge in [0.1, 0.15) is 0 Å². The quantitative estimate of drug-likeness (QED) is 0.217. The lowest BCUT2D eigenvalue weighted by atomic mass is 10.2. The van der Waals surface area contributed by atoms with Gasteiger partial charge >= 0.3 is 17.9 Å². The number of hydrogen-bond acceptors (Lipinski definition) is 5. The van der Waals surface area contributed by atoms with Gasteiger partial charge in [0, 0.05) is 11.3 Å². The van der Waals surface area contributed by atoms with Crippen molar-refractivity contribution in [2.45, 2.75) is 13.8 Å². The van der Waals surface area contributed by atoms with Gasteiger partial charge in [0.25, 0.3) is 0 Å². The van der Waals surface area contributed by atoms with Crippen molar-refractivity contribution in [2.75, 3.05) is 5.43 Å². The Labute approximate surface area is 192 Å². The number of carboxylic acids is 3. The van der Waals surface area contributed by atoms with Crippen LogP contribution in [0.1, 0.15) is 33.2 Å². The summed E-state index contributed by atoms with van der Waals surface area (Å²) in [4.78, 5) is 30.0. The van der Waals surface area contributed by atoms with E-state index in [9.17, 15) is 14.4 Å². The fourth-order valence-corrected chi connectivity index (χ4v) is 1.81. The molecule has 0 spiro atoms. The van der Waals surface area contributed by atoms with Gasteiger partial charge in [-0.25, -0.2) is 14.4 Å². The molecule has 0 aromatic heterocycles. The fraction of sp³-hybridized carbons (Fsp3) is 0.0800. The number of hydrazine groups is 1. The van der Waals surface area contributed by atoms with E-state index in [1.165, 1.54) is 12.5 Å². The van der Waals surface area contributed by atoms with Crippen LogP contribution < -0.4 is 11.3 Å². The summed E-state index contributed by atoms with van der Waals surface area (Å²) in [5, 5.41) is 24.7. The molecule has 0 aliphatic rings. The normalized spacial score (nSPS) is 8.70. The third kappa shape index (κ3) is 14.2. The summed E-state index contributed by atoms with van der Waals surface area (Å²) in [5.41, 5.74) is 5.58. The topological polar surface area (TPSA) is 150 Å². The number of benzene rings is 3. The van der Waals surface area contributed by atoms with Crippen molar-refractivity contribution in [1.29, 1.82) is 0 Å². The van der Waals surface area contributed by atoms with Crippen LogP contribution in [0, 0.1) is 6.92 Å². The van der Waals surface area contributed by atoms with Crippen LogP contribution in [-0.2, 0) is 4.79 Å². The van der Waals surface area contributed by atoms with E-state index in [0.29, 0.717) is 11.1 Å². The Morgan fingerprint density at radius 3 is 1.27 bits per heavy atom. The van der Waals surface area contributed by atoms with Crippen molar-refractivity contribution in [1.82, 2.24) is 0 Å². The molecule has 3 rings (SSSR count). The minimum atomic E-state index is -0.935. The zero-order valence-corrected chi connectivity index (χ0v) is 18.4. The maximum atomic E-state index is 10.2. The number of aliphatic carboxylic acids is 1. The average Bonchev–Trinajstić information content (AvgIpc) is 2.82. The highest BCUT2D eigenvalue weighted by molar-refractivity contribution is 5.87. The van der Waals surface area contributed by atoms with Gasteiger partial charge in [-0.2, -0.15) is 0 Å². The van der Waals surface area contributed by atoms with Crippen molar-refractivity contribution in [3.63, 3.8) is 0 Å². The third-order valence-corrected chi connectivity index (χ3v) is 3.62. The van der Waals surface area contributed by atoms with Gasteiger partial charge in [0.05, 0.1) is 11.1 Å². The van der Waals surface area contributed by atoms with Crippen LogP contribution in [0.3, 0.4) is 0 Å². The van der Waals surface area contributed by atoms with E-state index in [4.69, 9.17) is 21.2 Å². The van der Waals surface area contributed by atoms with Crippen LogP contribution >= 0.6 is 0 Å². The summed E-state index contributed by atoms with van der Waals surface area (Å²) < 4.78 is 0. The van der Waals surface area contributed by atoms with Gasteiger partial charge < -0.3 is 20.7 Å². The van der Waals surface area contributed by atoms with E-state index >= 15 is 0 Å². The lowest BCUT2D eigenvalue weighted by molar-refractivity contribution is -0.132. The summed E-state index contributed by atoms with van der Waals surface area (Å²) in [6.45, 7) is 6.64. The molecule has 0 unspecified atom stereocenters. The number of nitrogens with two attached hydrogens (primary N) is 1. The molecule has 0 saturated heterocycles. The van der Waals surface area contributed by atoms with Crippen LogP contribution in [-0.4, -0.2) is 33.2 Å². The number of carboxylic acid groups (broad SMARTS) is 3. The molecular formula is C25H28N2O6. The molecule has 0 atom stereocenters. The van der Waals surface area contributed by atoms with Crippen LogP contribution in [0.4, 0.5) is 5.69 Å². The number of nitrogens with one attached hydrogen (secondary N) is 1. The van der Waals surface area contributed by atoms with Gasteiger partial charge in [-0.15, -0.1) is 0 Å². The molecule has 6 N–H and O–H groups in total. The molecule has 0 bridgehead atoms. The van der Waals surface area contributed by atoms with Crippen molar-refractivity contribution in [3.8, 4) is 0 Å². The highest BCUT2D eigenvalue weighted by Gasteiger charge is 1.97. The molecule has 0 amide bonds. The number of nitrogen functional groups attached to an aromatic ring is 1. The summed E-state index contributed by atoms with van der Waals surface area (Å²) in [7, 11) is 0. The lowest BCUT2D eigenvalue weighted by Crippen LogP contribution is -2.05. The second-order valence-electron chi connectivity index (χ2n) is 6.44. The molecule has 3 aromatic carbocycles. The molecule has 8 nitrogen and oxygen atoms in total. The second kappa shape index (κ2) is 16.3. The van der Waals surface area contributed by atoms with Crippen LogP contribution in [0.2, 0.25) is 0 Å². The van der Waals surface area contributed by atoms with Gasteiger partial charge in [-0.05, 0) is 50.2 Å². The third-order valence-electron chi connectivity index (χ3n) is 3.62. The number of rotatable bonds is 4. The van der Waals surface area contributed by atoms with E-state index in [-0.39, 0.29) is 5.57 Å². The summed E-state index contributed by atoms with van der Waals surface area (Å²) in [6, 6.07) is 24.5. The van der Waals surface area contributed by atoms with Crippen LogP contribution in [0.15, 0.2) is 97.1 Å². The standard InChI is InChI=1S/C7H10N2.2C7H6O2.C4H6O2/c1-6-2-4-7(9-8)5-3-6;2*8-7(9)6-4-2-1-3-5-6;1-3(2)4(5)6/h2-5,9H,8H2,1H3;2*1-5H,(H,8,9);1H2,2H3,(H,5,6). The fourth-order valence-electron chi connectivity index (χ4n) is 1.81. The van der Waals surface area contributed by atoms with E-state index < -0.39 is 17.9 Å². The summed E-state index contributed by atoms with van der Waals surface area (Å²) >= 11 is 0. The number of aromatic carboxylic acids is 2. The Morgan fingerprint density at radius 1 is 0.727 bits per heavy atom. The van der Waals surface area contributed by atoms with E-state index in [1.54, 1.807) is 60.7 Å². The average molecular weight is 453 g/mol. The predicted octanol–water partition coefficient (Wildman–Crippen LogP) is 4.70. The van der Waals surface area contributed by atoms with Gasteiger partial charge in [-0.1, -0.05) is 60.7 Å². The molecule has 0 aliphatic heterocycles.